The van der Waals surface area contributed by atoms with Gasteiger partial charge in [0, 0.05) is 5.75 Å². The molecule has 1 fully saturated rings. The molecule has 1 aliphatic rings. The van der Waals surface area contributed by atoms with Crippen LogP contribution in [0.1, 0.15) is 41.5 Å². The van der Waals surface area contributed by atoms with Gasteiger partial charge in [-0.15, -0.1) is 11.8 Å². The van der Waals surface area contributed by atoms with Crippen molar-refractivity contribution in [2.24, 2.45) is 11.1 Å². The number of hydrogen-bond donors (Lipinski definition) is 2. The number of rotatable bonds is 3. The van der Waals surface area contributed by atoms with Gasteiger partial charge >= 0.3 is 11.9 Å². The van der Waals surface area contributed by atoms with Crippen LogP contribution in [0.3, 0.4) is 0 Å². The lowest BCUT2D eigenvalue weighted by atomic mass is 9.94. The Morgan fingerprint density at radius 1 is 1.22 bits per heavy atom. The van der Waals surface area contributed by atoms with Crippen LogP contribution in [0.25, 0.3) is 0 Å². The van der Waals surface area contributed by atoms with Gasteiger partial charge in [0.15, 0.2) is 6.04 Å². The van der Waals surface area contributed by atoms with E-state index < -0.39 is 35.5 Å². The Hall–Kier alpha value is -1.28. The van der Waals surface area contributed by atoms with Crippen LogP contribution in [0.15, 0.2) is 0 Å². The fraction of sp³-hybridized carbons (Fsp3) is 0.800. The highest BCUT2D eigenvalue weighted by Gasteiger charge is 2.48. The maximum Gasteiger partial charge on any atom is 0.333 e. The highest BCUT2D eigenvalue weighted by Crippen LogP contribution is 2.40. The first-order chi connectivity index (χ1) is 10.3. The van der Waals surface area contributed by atoms with E-state index in [2.05, 4.69) is 0 Å². The zero-order valence-corrected chi connectivity index (χ0v) is 15.3. The maximum atomic E-state index is 12.7. The summed E-state index contributed by atoms with van der Waals surface area (Å²) in [6.45, 7) is 10.7. The second-order valence-electron chi connectivity index (χ2n) is 7.66. The predicted octanol–water partition coefficient (Wildman–Crippen LogP) is 1.06. The molecule has 8 heteroatoms. The molecule has 0 aromatic carbocycles. The first-order valence-corrected chi connectivity index (χ1v) is 8.45. The Kier molecular flexibility index (Phi) is 5.74. The van der Waals surface area contributed by atoms with Gasteiger partial charge in [-0.1, -0.05) is 20.8 Å². The number of nitrogens with zero attached hydrogens (tertiary/aromatic N) is 1. The number of carbonyl (C=O) groups is 3. The Balaban J connectivity index is 3.04. The normalized spacial score (nSPS) is 23.5. The van der Waals surface area contributed by atoms with Crippen LogP contribution in [0.4, 0.5) is 0 Å². The molecule has 132 valence electrons. The Morgan fingerprint density at radius 3 is 2.13 bits per heavy atom. The van der Waals surface area contributed by atoms with E-state index in [4.69, 9.17) is 10.5 Å². The molecular weight excluding hydrogens is 320 g/mol. The molecule has 2 unspecified atom stereocenters. The largest absolute Gasteiger partial charge is 0.480 e. The molecule has 1 rings (SSSR count). The van der Waals surface area contributed by atoms with Gasteiger partial charge in [0.2, 0.25) is 0 Å². The van der Waals surface area contributed by atoms with Crippen LogP contribution in [0.2, 0.25) is 0 Å². The molecule has 1 saturated heterocycles. The van der Waals surface area contributed by atoms with Crippen molar-refractivity contribution >= 4 is 29.6 Å². The molecule has 23 heavy (non-hydrogen) atoms. The second-order valence-corrected chi connectivity index (χ2v) is 8.78. The van der Waals surface area contributed by atoms with E-state index in [1.54, 1.807) is 20.8 Å². The van der Waals surface area contributed by atoms with E-state index in [9.17, 15) is 19.5 Å². The van der Waals surface area contributed by atoms with Crippen LogP contribution < -0.4 is 5.73 Å². The molecule has 0 saturated carbocycles. The second kappa shape index (κ2) is 6.68. The average molecular weight is 346 g/mol. The van der Waals surface area contributed by atoms with Crippen molar-refractivity contribution in [1.29, 1.82) is 0 Å². The SMILES string of the molecule is CC(C)(C)OC(=O)C(N)C(=O)N1C(C(C)(C)C)SC[C@H]1C(=O)O. The van der Waals surface area contributed by atoms with Crippen LogP contribution in [0, 0.1) is 5.41 Å². The molecule has 0 bridgehead atoms. The molecule has 1 amide bonds. The number of aliphatic carboxylic acids is 1. The molecule has 0 aromatic heterocycles. The number of nitrogens with two attached hydrogens (primary N) is 1. The fourth-order valence-electron chi connectivity index (χ4n) is 2.26. The lowest BCUT2D eigenvalue weighted by Gasteiger charge is -2.37. The molecule has 7 nitrogen and oxygen atoms in total. The lowest BCUT2D eigenvalue weighted by Crippen LogP contribution is -2.57. The Morgan fingerprint density at radius 2 is 1.74 bits per heavy atom. The molecule has 0 aromatic rings. The summed E-state index contributed by atoms with van der Waals surface area (Å²) >= 11 is 1.38. The zero-order valence-electron chi connectivity index (χ0n) is 14.5. The molecule has 3 N–H and O–H groups in total. The van der Waals surface area contributed by atoms with Gasteiger partial charge in [-0.2, -0.15) is 0 Å². The van der Waals surface area contributed by atoms with Crippen molar-refractivity contribution in [2.75, 3.05) is 5.75 Å². The van der Waals surface area contributed by atoms with Crippen molar-refractivity contribution in [3.63, 3.8) is 0 Å². The number of esters is 1. The smallest absolute Gasteiger partial charge is 0.333 e. The van der Waals surface area contributed by atoms with Crippen LogP contribution in [-0.2, 0) is 19.1 Å². The molecule has 1 aliphatic heterocycles. The summed E-state index contributed by atoms with van der Waals surface area (Å²) in [4.78, 5) is 37.4. The summed E-state index contributed by atoms with van der Waals surface area (Å²) in [5, 5.41) is 8.99. The van der Waals surface area contributed by atoms with Crippen LogP contribution in [0.5, 0.6) is 0 Å². The van der Waals surface area contributed by atoms with E-state index in [1.807, 2.05) is 20.8 Å². The van der Waals surface area contributed by atoms with Crippen molar-refractivity contribution < 1.29 is 24.2 Å². The van der Waals surface area contributed by atoms with Gasteiger partial charge < -0.3 is 20.5 Å². The maximum absolute atomic E-state index is 12.7. The summed E-state index contributed by atoms with van der Waals surface area (Å²) < 4.78 is 5.13. The average Bonchev–Trinajstić information content (AvgIpc) is 2.79. The topological polar surface area (TPSA) is 110 Å². The van der Waals surface area contributed by atoms with E-state index in [1.165, 1.54) is 16.7 Å². The zero-order chi connectivity index (χ0) is 18.2. The number of ether oxygens (including phenoxy) is 1. The predicted molar refractivity (Wildman–Crippen MR) is 87.8 cm³/mol. The minimum atomic E-state index is -1.53. The van der Waals surface area contributed by atoms with Crippen molar-refractivity contribution in [3.8, 4) is 0 Å². The number of carbonyl (C=O) groups excluding carboxylic acids is 2. The molecule has 1 heterocycles. The Labute approximate surface area is 140 Å². The van der Waals surface area contributed by atoms with E-state index in [-0.39, 0.29) is 16.5 Å². The number of amides is 1. The van der Waals surface area contributed by atoms with E-state index in [0.717, 1.165) is 0 Å². The summed E-state index contributed by atoms with van der Waals surface area (Å²) in [7, 11) is 0. The molecule has 0 spiro atoms. The third kappa shape index (κ3) is 4.84. The number of carboxylic acids is 1. The highest BCUT2D eigenvalue weighted by atomic mass is 32.2. The standard InChI is InChI=1S/C15H26N2O5S/c1-14(2,3)13-17(8(7-23-13)11(19)20)10(18)9(16)12(21)22-15(4,5)6/h8-9,13H,7,16H2,1-6H3,(H,19,20)/t8-,9?,13?/m0/s1. The number of hydrogen-bond acceptors (Lipinski definition) is 6. The van der Waals surface area contributed by atoms with Crippen molar-refractivity contribution in [3.05, 3.63) is 0 Å². The summed E-state index contributed by atoms with van der Waals surface area (Å²) in [5.41, 5.74) is 4.63. The van der Waals surface area contributed by atoms with Crippen molar-refractivity contribution in [1.82, 2.24) is 4.90 Å². The minimum absolute atomic E-state index is 0.268. The van der Waals surface area contributed by atoms with E-state index in [0.29, 0.717) is 0 Å². The van der Waals surface area contributed by atoms with Gasteiger partial charge in [0.05, 0.1) is 5.37 Å². The molecule has 3 atom stereocenters. The highest BCUT2D eigenvalue weighted by molar-refractivity contribution is 8.00. The minimum Gasteiger partial charge on any atom is -0.480 e. The number of thioether (sulfide) groups is 1. The third-order valence-corrected chi connectivity index (χ3v) is 4.97. The molecule has 0 aliphatic carbocycles. The van der Waals surface area contributed by atoms with Gasteiger partial charge in [-0.3, -0.25) is 4.79 Å². The summed E-state index contributed by atoms with van der Waals surface area (Å²) in [6, 6.07) is -2.52. The monoisotopic (exact) mass is 346 g/mol. The summed E-state index contributed by atoms with van der Waals surface area (Å²) in [6.07, 6.45) is 0. The number of carboxylic acid groups (broad SMARTS) is 1. The lowest BCUT2D eigenvalue weighted by molar-refractivity contribution is -0.163. The van der Waals surface area contributed by atoms with Crippen molar-refractivity contribution in [2.45, 2.75) is 64.6 Å². The van der Waals surface area contributed by atoms with E-state index >= 15 is 0 Å². The first kappa shape index (κ1) is 19.8. The van der Waals surface area contributed by atoms with Gasteiger partial charge in [-0.05, 0) is 26.2 Å². The van der Waals surface area contributed by atoms with Crippen LogP contribution >= 0.6 is 11.8 Å². The first-order valence-electron chi connectivity index (χ1n) is 7.40. The van der Waals surface area contributed by atoms with Gasteiger partial charge in [0.25, 0.3) is 5.91 Å². The van der Waals surface area contributed by atoms with Gasteiger partial charge in [-0.25, -0.2) is 9.59 Å². The third-order valence-electron chi connectivity index (χ3n) is 3.21. The molecule has 0 radical (unpaired) electrons. The van der Waals surface area contributed by atoms with Gasteiger partial charge in [0.1, 0.15) is 11.6 Å². The fourth-order valence-corrected chi connectivity index (χ4v) is 3.84. The van der Waals surface area contributed by atoms with Crippen LogP contribution in [-0.4, -0.2) is 56.7 Å². The molecular formula is C15H26N2O5S. The Bertz CT molecular complexity index is 495. The summed E-state index contributed by atoms with van der Waals surface area (Å²) in [5.74, 6) is -2.40. The quantitative estimate of drug-likeness (QED) is 0.580.